The summed E-state index contributed by atoms with van der Waals surface area (Å²) in [6, 6.07) is 6.84. The first-order valence-electron chi connectivity index (χ1n) is 7.98. The summed E-state index contributed by atoms with van der Waals surface area (Å²) in [6.07, 6.45) is 6.24. The van der Waals surface area contributed by atoms with Crippen molar-refractivity contribution < 1.29 is 0 Å². The molecule has 0 aliphatic rings. The van der Waals surface area contributed by atoms with Gasteiger partial charge in [0, 0.05) is 18.9 Å². The highest BCUT2D eigenvalue weighted by Gasteiger charge is 2.20. The maximum absolute atomic E-state index is 4.64. The van der Waals surface area contributed by atoms with Crippen molar-refractivity contribution in [3.8, 4) is 0 Å². The Kier molecular flexibility index (Phi) is 5.57. The van der Waals surface area contributed by atoms with E-state index < -0.39 is 0 Å². The summed E-state index contributed by atoms with van der Waals surface area (Å²) in [5, 5.41) is 3.67. The van der Waals surface area contributed by atoms with Crippen molar-refractivity contribution in [3.05, 3.63) is 53.1 Å². The van der Waals surface area contributed by atoms with Crippen LogP contribution in [0.1, 0.15) is 55.2 Å². The van der Waals surface area contributed by atoms with Gasteiger partial charge in [-0.05, 0) is 44.4 Å². The Morgan fingerprint density at radius 1 is 1.19 bits per heavy atom. The van der Waals surface area contributed by atoms with Crippen LogP contribution in [0.15, 0.2) is 30.6 Å². The lowest BCUT2D eigenvalue weighted by atomic mass is 9.98. The van der Waals surface area contributed by atoms with Crippen LogP contribution in [0.4, 0.5) is 0 Å². The van der Waals surface area contributed by atoms with Gasteiger partial charge < -0.3 is 9.88 Å². The van der Waals surface area contributed by atoms with E-state index in [1.807, 2.05) is 6.20 Å². The minimum absolute atomic E-state index is 0.173. The van der Waals surface area contributed by atoms with E-state index in [0.29, 0.717) is 0 Å². The van der Waals surface area contributed by atoms with Gasteiger partial charge in [0.25, 0.3) is 0 Å². The fraction of sp³-hybridized carbons (Fsp3) is 0.500. The summed E-state index contributed by atoms with van der Waals surface area (Å²) in [4.78, 5) is 4.64. The monoisotopic (exact) mass is 285 g/mol. The van der Waals surface area contributed by atoms with Crippen molar-refractivity contribution in [3.63, 3.8) is 0 Å². The molecule has 21 heavy (non-hydrogen) atoms. The third-order valence-corrected chi connectivity index (χ3v) is 3.81. The number of benzene rings is 1. The van der Waals surface area contributed by atoms with E-state index in [0.717, 1.165) is 31.8 Å². The molecule has 0 bridgehead atoms. The predicted octanol–water partition coefficient (Wildman–Crippen LogP) is 4.00. The average molecular weight is 285 g/mol. The second kappa shape index (κ2) is 7.41. The summed E-state index contributed by atoms with van der Waals surface area (Å²) in [5.74, 6) is 1.12. The number of nitrogens with one attached hydrogen (secondary N) is 1. The first-order chi connectivity index (χ1) is 10.2. The number of nitrogens with zero attached hydrogens (tertiary/aromatic N) is 2. The molecule has 3 heteroatoms. The van der Waals surface area contributed by atoms with Gasteiger partial charge in [-0.15, -0.1) is 0 Å². The molecule has 1 N–H and O–H groups in total. The van der Waals surface area contributed by atoms with E-state index in [2.05, 4.69) is 67.0 Å². The lowest BCUT2D eigenvalue weighted by molar-refractivity contribution is 0.528. The lowest BCUT2D eigenvalue weighted by Crippen LogP contribution is -2.27. The molecule has 114 valence electrons. The number of aryl methyl sites for hydroxylation is 3. The predicted molar refractivity (Wildman–Crippen MR) is 88.6 cm³/mol. The first kappa shape index (κ1) is 15.8. The first-order valence-corrected chi connectivity index (χ1v) is 7.98. The molecule has 0 aliphatic carbocycles. The van der Waals surface area contributed by atoms with Crippen LogP contribution in [0.25, 0.3) is 0 Å². The normalized spacial score (nSPS) is 12.6. The molecule has 0 spiro atoms. The highest BCUT2D eigenvalue weighted by molar-refractivity contribution is 5.36. The van der Waals surface area contributed by atoms with Crippen LogP contribution in [0.5, 0.6) is 0 Å². The van der Waals surface area contributed by atoms with Gasteiger partial charge in [-0.1, -0.05) is 37.6 Å². The van der Waals surface area contributed by atoms with Gasteiger partial charge in [-0.3, -0.25) is 0 Å². The molecule has 1 atom stereocenters. The number of hydrogen-bond acceptors (Lipinski definition) is 2. The van der Waals surface area contributed by atoms with E-state index >= 15 is 0 Å². The molecule has 2 aromatic rings. The second-order valence-electron chi connectivity index (χ2n) is 5.73. The fourth-order valence-corrected chi connectivity index (χ4v) is 2.71. The van der Waals surface area contributed by atoms with Crippen LogP contribution in [0.2, 0.25) is 0 Å². The third kappa shape index (κ3) is 3.73. The molecule has 1 aromatic carbocycles. The SMILES string of the molecule is CCCNC(c1cc(C)ccc1C)c1nccn1CCC. The average Bonchev–Trinajstić information content (AvgIpc) is 2.92. The van der Waals surface area contributed by atoms with Crippen molar-refractivity contribution in [2.75, 3.05) is 6.54 Å². The van der Waals surface area contributed by atoms with Gasteiger partial charge in [0.1, 0.15) is 5.82 Å². The summed E-state index contributed by atoms with van der Waals surface area (Å²) in [5.41, 5.74) is 3.96. The Morgan fingerprint density at radius 2 is 2.00 bits per heavy atom. The van der Waals surface area contributed by atoms with E-state index in [9.17, 15) is 0 Å². The molecule has 0 fully saturated rings. The second-order valence-corrected chi connectivity index (χ2v) is 5.73. The van der Waals surface area contributed by atoms with Crippen molar-refractivity contribution >= 4 is 0 Å². The Balaban J connectivity index is 2.42. The third-order valence-electron chi connectivity index (χ3n) is 3.81. The molecule has 1 heterocycles. The Labute approximate surface area is 128 Å². The highest BCUT2D eigenvalue weighted by atomic mass is 15.1. The zero-order valence-corrected chi connectivity index (χ0v) is 13.7. The summed E-state index contributed by atoms with van der Waals surface area (Å²) in [6.45, 7) is 10.8. The summed E-state index contributed by atoms with van der Waals surface area (Å²) < 4.78 is 2.27. The van der Waals surface area contributed by atoms with Gasteiger partial charge >= 0.3 is 0 Å². The van der Waals surface area contributed by atoms with Crippen molar-refractivity contribution in [1.29, 1.82) is 0 Å². The van der Waals surface area contributed by atoms with Gasteiger partial charge in [0.15, 0.2) is 0 Å². The van der Waals surface area contributed by atoms with Crippen LogP contribution in [0.3, 0.4) is 0 Å². The molecule has 0 amide bonds. The smallest absolute Gasteiger partial charge is 0.130 e. The van der Waals surface area contributed by atoms with Crippen LogP contribution >= 0.6 is 0 Å². The van der Waals surface area contributed by atoms with Gasteiger partial charge in [-0.25, -0.2) is 4.98 Å². The number of hydrogen-bond donors (Lipinski definition) is 1. The highest BCUT2D eigenvalue weighted by Crippen LogP contribution is 2.25. The zero-order chi connectivity index (χ0) is 15.2. The van der Waals surface area contributed by atoms with E-state index in [1.165, 1.54) is 16.7 Å². The van der Waals surface area contributed by atoms with E-state index in [4.69, 9.17) is 0 Å². The maximum Gasteiger partial charge on any atom is 0.130 e. The largest absolute Gasteiger partial charge is 0.333 e. The number of imidazole rings is 1. The topological polar surface area (TPSA) is 29.9 Å². The molecule has 2 rings (SSSR count). The zero-order valence-electron chi connectivity index (χ0n) is 13.7. The maximum atomic E-state index is 4.64. The Bertz CT molecular complexity index is 572. The molecule has 0 saturated heterocycles. The molecular weight excluding hydrogens is 258 g/mol. The molecule has 1 aromatic heterocycles. The molecule has 3 nitrogen and oxygen atoms in total. The van der Waals surface area contributed by atoms with E-state index in [-0.39, 0.29) is 6.04 Å². The molecular formula is C18H27N3. The summed E-state index contributed by atoms with van der Waals surface area (Å²) >= 11 is 0. The fourth-order valence-electron chi connectivity index (χ4n) is 2.71. The van der Waals surface area contributed by atoms with Crippen molar-refractivity contribution in [2.24, 2.45) is 0 Å². The Hall–Kier alpha value is -1.61. The number of rotatable bonds is 7. The minimum Gasteiger partial charge on any atom is -0.333 e. The van der Waals surface area contributed by atoms with Gasteiger partial charge in [0.2, 0.25) is 0 Å². The molecule has 0 aliphatic heterocycles. The number of aromatic nitrogens is 2. The molecule has 0 saturated carbocycles. The quantitative estimate of drug-likeness (QED) is 0.833. The Morgan fingerprint density at radius 3 is 2.71 bits per heavy atom. The lowest BCUT2D eigenvalue weighted by Gasteiger charge is -2.22. The van der Waals surface area contributed by atoms with Gasteiger partial charge in [-0.2, -0.15) is 0 Å². The van der Waals surface area contributed by atoms with Crippen LogP contribution in [-0.4, -0.2) is 16.1 Å². The standard InChI is InChI=1S/C18H27N3/c1-5-9-19-17(16-13-14(3)7-8-15(16)4)18-20-10-12-21(18)11-6-2/h7-8,10,12-13,17,19H,5-6,9,11H2,1-4H3. The molecule has 1 unspecified atom stereocenters. The minimum atomic E-state index is 0.173. The van der Waals surface area contributed by atoms with Gasteiger partial charge in [0.05, 0.1) is 6.04 Å². The van der Waals surface area contributed by atoms with Crippen molar-refractivity contribution in [1.82, 2.24) is 14.9 Å². The van der Waals surface area contributed by atoms with Crippen LogP contribution in [0, 0.1) is 13.8 Å². The van der Waals surface area contributed by atoms with Crippen molar-refractivity contribution in [2.45, 2.75) is 53.1 Å². The van der Waals surface area contributed by atoms with Crippen LogP contribution in [-0.2, 0) is 6.54 Å². The van der Waals surface area contributed by atoms with E-state index in [1.54, 1.807) is 0 Å². The summed E-state index contributed by atoms with van der Waals surface area (Å²) in [7, 11) is 0. The van der Waals surface area contributed by atoms with Crippen LogP contribution < -0.4 is 5.32 Å². The molecule has 0 radical (unpaired) electrons.